The molecule has 0 aliphatic heterocycles. The van der Waals surface area contributed by atoms with Crippen LogP contribution in [0, 0.1) is 5.92 Å². The number of aliphatic carboxylic acids is 1. The van der Waals surface area contributed by atoms with E-state index < -0.39 is 24.5 Å². The number of rotatable bonds is 5. The van der Waals surface area contributed by atoms with Crippen LogP contribution in [0.15, 0.2) is 0 Å². The van der Waals surface area contributed by atoms with E-state index in [-0.39, 0.29) is 26.1 Å². The van der Waals surface area contributed by atoms with Crippen molar-refractivity contribution in [2.24, 2.45) is 5.92 Å². The molecule has 0 aromatic heterocycles. The maximum Gasteiger partial charge on any atom is 0.333 e. The molecule has 1 saturated carbocycles. The Bertz CT molecular complexity index is 270. The summed E-state index contributed by atoms with van der Waals surface area (Å²) in [4.78, 5) is 21.5. The van der Waals surface area contributed by atoms with Gasteiger partial charge in [-0.2, -0.15) is 0 Å². The highest BCUT2D eigenvalue weighted by Gasteiger charge is 2.22. The number of ether oxygens (including phenoxy) is 1. The quantitative estimate of drug-likeness (QED) is 0.625. The zero-order chi connectivity index (χ0) is 12.8. The number of hydrogen-bond donors (Lipinski definition) is 3. The van der Waals surface area contributed by atoms with Crippen molar-refractivity contribution in [2.75, 3.05) is 6.61 Å². The molecule has 1 aliphatic rings. The second-order valence-corrected chi connectivity index (χ2v) is 4.42. The third-order valence-electron chi connectivity index (χ3n) is 2.94. The van der Waals surface area contributed by atoms with Crippen LogP contribution in [-0.4, -0.2) is 46.1 Å². The van der Waals surface area contributed by atoms with Gasteiger partial charge in [-0.25, -0.2) is 4.79 Å². The Labute approximate surface area is 107 Å². The maximum atomic E-state index is 11.2. The lowest BCUT2D eigenvalue weighted by molar-refractivity contribution is -0.156. The summed E-state index contributed by atoms with van der Waals surface area (Å²) in [5.74, 6) is -1.90. The van der Waals surface area contributed by atoms with Crippen LogP contribution >= 0.6 is 0 Å². The fraction of sp³-hybridized carbons (Fsp3) is 0.833. The summed E-state index contributed by atoms with van der Waals surface area (Å²) in [6, 6.07) is 0. The molecule has 0 spiro atoms. The predicted molar refractivity (Wildman–Crippen MR) is 63.9 cm³/mol. The number of esters is 1. The van der Waals surface area contributed by atoms with E-state index in [0.29, 0.717) is 12.8 Å². The Kier molecular flexibility index (Phi) is 7.54. The predicted octanol–water partition coefficient (Wildman–Crippen LogP) is 0.552. The largest absolute Gasteiger partial charge is 0.479 e. The number of carboxylic acids is 1. The molecule has 1 atom stereocenters. The molecule has 18 heavy (non-hydrogen) atoms. The van der Waals surface area contributed by atoms with Crippen molar-refractivity contribution in [3.05, 3.63) is 0 Å². The molecule has 0 radical (unpaired) electrons. The number of carbonyl (C=O) groups excluding carboxylic acids is 1. The van der Waals surface area contributed by atoms with Crippen LogP contribution in [0.4, 0.5) is 0 Å². The van der Waals surface area contributed by atoms with Crippen molar-refractivity contribution in [1.82, 2.24) is 0 Å². The minimum atomic E-state index is -1.70. The highest BCUT2D eigenvalue weighted by atomic mass is 16.5. The van der Waals surface area contributed by atoms with Gasteiger partial charge in [0, 0.05) is 0 Å². The van der Waals surface area contributed by atoms with Gasteiger partial charge in [-0.3, -0.25) is 4.79 Å². The standard InChI is InChI=1S/C11H18O6.CH4/c12-8-3-1-7(2-4-8)6-17-10(14)5-9(13)11(15)16;/h7-9,12-13H,1-6H2,(H,15,16);1H4. The van der Waals surface area contributed by atoms with E-state index >= 15 is 0 Å². The van der Waals surface area contributed by atoms with Crippen LogP contribution in [0.3, 0.4) is 0 Å². The summed E-state index contributed by atoms with van der Waals surface area (Å²) in [5, 5.41) is 26.6. The molecule has 1 aliphatic carbocycles. The van der Waals surface area contributed by atoms with E-state index in [1.165, 1.54) is 0 Å². The molecule has 0 heterocycles. The molecule has 0 amide bonds. The molecule has 1 unspecified atom stereocenters. The van der Waals surface area contributed by atoms with Crippen molar-refractivity contribution in [2.45, 2.75) is 51.7 Å². The van der Waals surface area contributed by atoms with Gasteiger partial charge in [0.1, 0.15) is 0 Å². The number of hydrogen-bond acceptors (Lipinski definition) is 5. The summed E-state index contributed by atoms with van der Waals surface area (Å²) < 4.78 is 4.89. The highest BCUT2D eigenvalue weighted by molar-refractivity contribution is 5.80. The van der Waals surface area contributed by atoms with Gasteiger partial charge in [0.25, 0.3) is 0 Å². The average molecular weight is 262 g/mol. The molecule has 0 saturated heterocycles. The Hall–Kier alpha value is -1.14. The van der Waals surface area contributed by atoms with Crippen molar-refractivity contribution < 1.29 is 29.6 Å². The fourth-order valence-electron chi connectivity index (χ4n) is 1.83. The first-order chi connectivity index (χ1) is 7.99. The second-order valence-electron chi connectivity index (χ2n) is 4.42. The molecule has 1 fully saturated rings. The first-order valence-corrected chi connectivity index (χ1v) is 5.73. The number of carbonyl (C=O) groups is 2. The summed E-state index contributed by atoms with van der Waals surface area (Å²) in [7, 11) is 0. The van der Waals surface area contributed by atoms with Crippen LogP contribution in [0.5, 0.6) is 0 Å². The SMILES string of the molecule is C.O=C(CC(O)C(=O)O)OCC1CCC(O)CC1. The summed E-state index contributed by atoms with van der Waals surface area (Å²) in [6.45, 7) is 0.234. The fourth-order valence-corrected chi connectivity index (χ4v) is 1.83. The molecule has 106 valence electrons. The van der Waals surface area contributed by atoms with Gasteiger partial charge in [-0.15, -0.1) is 0 Å². The molecule has 6 heteroatoms. The topological polar surface area (TPSA) is 104 Å². The Morgan fingerprint density at radius 1 is 1.22 bits per heavy atom. The van der Waals surface area contributed by atoms with Gasteiger partial charge >= 0.3 is 11.9 Å². The van der Waals surface area contributed by atoms with Gasteiger partial charge in [-0.1, -0.05) is 7.43 Å². The molecule has 3 N–H and O–H groups in total. The number of aliphatic hydroxyl groups excluding tert-OH is 2. The third-order valence-corrected chi connectivity index (χ3v) is 2.94. The third kappa shape index (κ3) is 5.97. The van der Waals surface area contributed by atoms with Gasteiger partial charge in [0.05, 0.1) is 19.1 Å². The van der Waals surface area contributed by atoms with E-state index in [1.807, 2.05) is 0 Å². The van der Waals surface area contributed by atoms with Crippen LogP contribution < -0.4 is 0 Å². The summed E-state index contributed by atoms with van der Waals surface area (Å²) >= 11 is 0. The first-order valence-electron chi connectivity index (χ1n) is 5.73. The van der Waals surface area contributed by atoms with Crippen molar-refractivity contribution in [1.29, 1.82) is 0 Å². The minimum absolute atomic E-state index is 0. The highest BCUT2D eigenvalue weighted by Crippen LogP contribution is 2.24. The minimum Gasteiger partial charge on any atom is -0.479 e. The molecule has 0 bridgehead atoms. The molecule has 0 aromatic carbocycles. The molecule has 0 aromatic rings. The maximum absolute atomic E-state index is 11.2. The van der Waals surface area contributed by atoms with E-state index in [1.54, 1.807) is 0 Å². The van der Waals surface area contributed by atoms with Crippen molar-refractivity contribution in [3.8, 4) is 0 Å². The van der Waals surface area contributed by atoms with Crippen molar-refractivity contribution in [3.63, 3.8) is 0 Å². The Morgan fingerprint density at radius 2 is 1.78 bits per heavy atom. The van der Waals surface area contributed by atoms with Gasteiger partial charge in [-0.05, 0) is 31.6 Å². The van der Waals surface area contributed by atoms with Gasteiger partial charge in [0.15, 0.2) is 6.10 Å². The molecular weight excluding hydrogens is 240 g/mol. The number of carboxylic acid groups (broad SMARTS) is 1. The number of aliphatic hydroxyl groups is 2. The lowest BCUT2D eigenvalue weighted by atomic mass is 9.88. The van der Waals surface area contributed by atoms with Crippen LogP contribution in [0.1, 0.15) is 39.5 Å². The molecule has 1 rings (SSSR count). The van der Waals surface area contributed by atoms with Crippen LogP contribution in [0.2, 0.25) is 0 Å². The second kappa shape index (κ2) is 8.05. The van der Waals surface area contributed by atoms with Gasteiger partial charge < -0.3 is 20.1 Å². The van der Waals surface area contributed by atoms with E-state index in [9.17, 15) is 14.7 Å². The van der Waals surface area contributed by atoms with E-state index in [2.05, 4.69) is 0 Å². The first kappa shape index (κ1) is 16.9. The lowest BCUT2D eigenvalue weighted by Crippen LogP contribution is -2.27. The van der Waals surface area contributed by atoms with E-state index in [0.717, 1.165) is 12.8 Å². The van der Waals surface area contributed by atoms with Gasteiger partial charge in [0.2, 0.25) is 0 Å². The Balaban J connectivity index is 0.00000289. The Morgan fingerprint density at radius 3 is 2.28 bits per heavy atom. The zero-order valence-corrected chi connectivity index (χ0v) is 9.54. The average Bonchev–Trinajstić information content (AvgIpc) is 2.28. The zero-order valence-electron chi connectivity index (χ0n) is 9.54. The molecule has 6 nitrogen and oxygen atoms in total. The summed E-state index contributed by atoms with van der Waals surface area (Å²) in [6.07, 6.45) is 0.544. The lowest BCUT2D eigenvalue weighted by Gasteiger charge is -2.24. The molecular formula is C12H22O6. The summed E-state index contributed by atoms with van der Waals surface area (Å²) in [5.41, 5.74) is 0. The van der Waals surface area contributed by atoms with Crippen LogP contribution in [0.25, 0.3) is 0 Å². The van der Waals surface area contributed by atoms with E-state index in [4.69, 9.17) is 14.9 Å². The monoisotopic (exact) mass is 262 g/mol. The normalized spacial score (nSPS) is 24.8. The van der Waals surface area contributed by atoms with Crippen molar-refractivity contribution >= 4 is 11.9 Å². The smallest absolute Gasteiger partial charge is 0.333 e. The van der Waals surface area contributed by atoms with Crippen LogP contribution in [-0.2, 0) is 14.3 Å².